The lowest BCUT2D eigenvalue weighted by atomic mass is 10.2. The van der Waals surface area contributed by atoms with Gasteiger partial charge >= 0.3 is 0 Å². The number of sulfonamides is 1. The highest BCUT2D eigenvalue weighted by Gasteiger charge is 2.21. The van der Waals surface area contributed by atoms with Crippen LogP contribution in [0.1, 0.15) is 15.9 Å². The van der Waals surface area contributed by atoms with Crippen molar-refractivity contribution < 1.29 is 13.2 Å². The molecule has 1 heterocycles. The van der Waals surface area contributed by atoms with Gasteiger partial charge in [0.1, 0.15) is 0 Å². The number of nitrogens with zero attached hydrogens (tertiary/aromatic N) is 3. The number of aromatic nitrogens is 2. The maximum atomic E-state index is 12.3. The molecule has 118 valence electrons. The fourth-order valence-electron chi connectivity index (χ4n) is 1.91. The third kappa shape index (κ3) is 3.34. The quantitative estimate of drug-likeness (QED) is 0.874. The Bertz CT molecular complexity index is 781. The number of hydrogen-bond acceptors (Lipinski definition) is 4. The topological polar surface area (TPSA) is 84.3 Å². The fraction of sp³-hybridized carbons (Fsp3) is 0.286. The van der Waals surface area contributed by atoms with Gasteiger partial charge in [0, 0.05) is 33.9 Å². The van der Waals surface area contributed by atoms with Gasteiger partial charge in [0.25, 0.3) is 5.91 Å². The molecule has 1 N–H and O–H groups in total. The summed E-state index contributed by atoms with van der Waals surface area (Å²) in [5.41, 5.74) is 0.962. The van der Waals surface area contributed by atoms with Crippen LogP contribution >= 0.6 is 0 Å². The van der Waals surface area contributed by atoms with E-state index in [4.69, 9.17) is 0 Å². The molecule has 2 aromatic rings. The van der Waals surface area contributed by atoms with E-state index in [-0.39, 0.29) is 17.3 Å². The number of aryl methyl sites for hydroxylation is 1. The van der Waals surface area contributed by atoms with Crippen LogP contribution < -0.4 is 5.32 Å². The average molecular weight is 322 g/mol. The Morgan fingerprint density at radius 2 is 2.00 bits per heavy atom. The van der Waals surface area contributed by atoms with Gasteiger partial charge in [0.2, 0.25) is 10.0 Å². The van der Waals surface area contributed by atoms with Crippen molar-refractivity contribution in [3.63, 3.8) is 0 Å². The molecule has 1 aromatic carbocycles. The van der Waals surface area contributed by atoms with E-state index in [1.54, 1.807) is 31.4 Å². The predicted octanol–water partition coefficient (Wildman–Crippen LogP) is 0.600. The molecular weight excluding hydrogens is 304 g/mol. The van der Waals surface area contributed by atoms with E-state index in [1.165, 1.54) is 31.0 Å². The zero-order valence-corrected chi connectivity index (χ0v) is 13.5. The van der Waals surface area contributed by atoms with Crippen molar-refractivity contribution in [1.29, 1.82) is 0 Å². The smallest absolute Gasteiger partial charge is 0.254 e. The summed E-state index contributed by atoms with van der Waals surface area (Å²) < 4.78 is 27.2. The van der Waals surface area contributed by atoms with E-state index in [1.807, 2.05) is 0 Å². The monoisotopic (exact) mass is 322 g/mol. The second-order valence-electron chi connectivity index (χ2n) is 4.98. The van der Waals surface area contributed by atoms with Gasteiger partial charge in [-0.2, -0.15) is 5.10 Å². The van der Waals surface area contributed by atoms with Crippen molar-refractivity contribution >= 4 is 15.9 Å². The largest absolute Gasteiger partial charge is 0.348 e. The van der Waals surface area contributed by atoms with Gasteiger partial charge in [0.05, 0.1) is 16.7 Å². The normalized spacial score (nSPS) is 11.6. The second kappa shape index (κ2) is 6.29. The molecule has 0 saturated heterocycles. The molecule has 0 saturated carbocycles. The zero-order chi connectivity index (χ0) is 16.3. The maximum Gasteiger partial charge on any atom is 0.254 e. The minimum atomic E-state index is -3.55. The summed E-state index contributed by atoms with van der Waals surface area (Å²) in [6.45, 7) is 0.122. The molecule has 1 aromatic heterocycles. The molecule has 0 fully saturated rings. The Balaban J connectivity index is 2.19. The molecule has 8 heteroatoms. The summed E-state index contributed by atoms with van der Waals surface area (Å²) in [4.78, 5) is 12.2. The van der Waals surface area contributed by atoms with Gasteiger partial charge in [-0.15, -0.1) is 0 Å². The van der Waals surface area contributed by atoms with Crippen molar-refractivity contribution in [2.45, 2.75) is 11.4 Å². The van der Waals surface area contributed by atoms with Gasteiger partial charge in [-0.3, -0.25) is 9.48 Å². The molecule has 7 nitrogen and oxygen atoms in total. The number of amides is 1. The van der Waals surface area contributed by atoms with Crippen molar-refractivity contribution in [2.24, 2.45) is 7.05 Å². The summed E-state index contributed by atoms with van der Waals surface area (Å²) >= 11 is 0. The molecule has 0 radical (unpaired) electrons. The highest BCUT2D eigenvalue weighted by molar-refractivity contribution is 7.89. The molecule has 0 spiro atoms. The summed E-state index contributed by atoms with van der Waals surface area (Å²) in [6, 6.07) is 6.60. The van der Waals surface area contributed by atoms with E-state index >= 15 is 0 Å². The third-order valence-corrected chi connectivity index (χ3v) is 5.05. The van der Waals surface area contributed by atoms with Gasteiger partial charge in [-0.25, -0.2) is 12.7 Å². The number of nitrogens with one attached hydrogen (secondary N) is 1. The summed E-state index contributed by atoms with van der Waals surface area (Å²) in [7, 11) is 1.11. The first-order valence-electron chi connectivity index (χ1n) is 6.59. The Hall–Kier alpha value is -2.19. The summed E-state index contributed by atoms with van der Waals surface area (Å²) in [5.74, 6) is -0.301. The van der Waals surface area contributed by atoms with Crippen LogP contribution in [-0.4, -0.2) is 42.5 Å². The Kier molecular flexibility index (Phi) is 4.62. The first-order chi connectivity index (χ1) is 10.3. The van der Waals surface area contributed by atoms with Crippen LogP contribution in [0.3, 0.4) is 0 Å². The van der Waals surface area contributed by atoms with E-state index in [0.717, 1.165) is 4.31 Å². The summed E-state index contributed by atoms with van der Waals surface area (Å²) in [5, 5.41) is 6.63. The van der Waals surface area contributed by atoms with Crippen molar-refractivity contribution in [2.75, 3.05) is 14.1 Å². The minimum absolute atomic E-state index is 0.122. The zero-order valence-electron chi connectivity index (χ0n) is 12.6. The van der Waals surface area contributed by atoms with E-state index in [0.29, 0.717) is 11.1 Å². The van der Waals surface area contributed by atoms with Crippen LogP contribution in [0.25, 0.3) is 0 Å². The molecule has 0 aliphatic carbocycles. The van der Waals surface area contributed by atoms with Crippen LogP contribution in [0.5, 0.6) is 0 Å². The van der Waals surface area contributed by atoms with Crippen LogP contribution in [0.4, 0.5) is 0 Å². The lowest BCUT2D eigenvalue weighted by Crippen LogP contribution is -2.26. The van der Waals surface area contributed by atoms with E-state index < -0.39 is 10.0 Å². The fourth-order valence-corrected chi connectivity index (χ4v) is 3.03. The van der Waals surface area contributed by atoms with Crippen molar-refractivity contribution in [3.8, 4) is 0 Å². The number of carbonyl (C=O) groups excluding carboxylic acids is 1. The lowest BCUT2D eigenvalue weighted by molar-refractivity contribution is 0.0950. The molecule has 0 bridgehead atoms. The molecule has 0 unspecified atom stereocenters. The van der Waals surface area contributed by atoms with E-state index in [2.05, 4.69) is 10.4 Å². The number of benzene rings is 1. The SMILES string of the molecule is CN(C)S(=O)(=O)c1ccccc1CNC(=O)c1cnn(C)c1. The van der Waals surface area contributed by atoms with E-state index in [9.17, 15) is 13.2 Å². The predicted molar refractivity (Wildman–Crippen MR) is 81.7 cm³/mol. The molecule has 0 atom stereocenters. The lowest BCUT2D eigenvalue weighted by Gasteiger charge is -2.15. The van der Waals surface area contributed by atoms with Gasteiger partial charge in [-0.05, 0) is 11.6 Å². The number of hydrogen-bond donors (Lipinski definition) is 1. The maximum absolute atomic E-state index is 12.3. The summed E-state index contributed by atoms with van der Waals surface area (Å²) in [6.07, 6.45) is 3.05. The minimum Gasteiger partial charge on any atom is -0.348 e. The Morgan fingerprint density at radius 3 is 2.59 bits per heavy atom. The van der Waals surface area contributed by atoms with Crippen LogP contribution in [0, 0.1) is 0 Å². The highest BCUT2D eigenvalue weighted by Crippen LogP contribution is 2.18. The Morgan fingerprint density at radius 1 is 1.32 bits per heavy atom. The van der Waals surface area contributed by atoms with Crippen molar-refractivity contribution in [3.05, 3.63) is 47.8 Å². The average Bonchev–Trinajstić information content (AvgIpc) is 2.91. The van der Waals surface area contributed by atoms with Crippen LogP contribution in [0.15, 0.2) is 41.6 Å². The molecular formula is C14H18N4O3S. The van der Waals surface area contributed by atoms with Crippen LogP contribution in [-0.2, 0) is 23.6 Å². The Labute approximate surface area is 129 Å². The molecule has 0 aliphatic heterocycles. The van der Waals surface area contributed by atoms with Crippen LogP contribution in [0.2, 0.25) is 0 Å². The van der Waals surface area contributed by atoms with Gasteiger partial charge in [-0.1, -0.05) is 18.2 Å². The number of rotatable bonds is 5. The molecule has 1 amide bonds. The highest BCUT2D eigenvalue weighted by atomic mass is 32.2. The standard InChI is InChI=1S/C14H18N4O3S/c1-17(2)22(20,21)13-7-5-4-6-11(13)8-15-14(19)12-9-16-18(3)10-12/h4-7,9-10H,8H2,1-3H3,(H,15,19). The first-order valence-corrected chi connectivity index (χ1v) is 8.03. The van der Waals surface area contributed by atoms with Gasteiger partial charge < -0.3 is 5.32 Å². The molecule has 22 heavy (non-hydrogen) atoms. The molecule has 2 rings (SSSR count). The van der Waals surface area contributed by atoms with Gasteiger partial charge in [0.15, 0.2) is 0 Å². The third-order valence-electron chi connectivity index (χ3n) is 3.14. The number of carbonyl (C=O) groups is 1. The van der Waals surface area contributed by atoms with Crippen molar-refractivity contribution in [1.82, 2.24) is 19.4 Å². The first kappa shape index (κ1) is 16.2. The second-order valence-corrected chi connectivity index (χ2v) is 7.10. The molecule has 0 aliphatic rings.